The van der Waals surface area contributed by atoms with E-state index in [1.165, 1.54) is 6.07 Å². The lowest BCUT2D eigenvalue weighted by atomic mass is 9.76. The molecular formula is C16H14BrF2NO. The van der Waals surface area contributed by atoms with Gasteiger partial charge in [0.15, 0.2) is 5.78 Å². The highest BCUT2D eigenvalue weighted by atomic mass is 79.9. The summed E-state index contributed by atoms with van der Waals surface area (Å²) in [4.78, 5) is 12.2. The summed E-state index contributed by atoms with van der Waals surface area (Å²) in [7, 11) is 0. The van der Waals surface area contributed by atoms with E-state index in [1.54, 1.807) is 16.8 Å². The maximum Gasteiger partial charge on any atom is 0.165 e. The average molecular weight is 354 g/mol. The summed E-state index contributed by atoms with van der Waals surface area (Å²) >= 11 is 3.07. The van der Waals surface area contributed by atoms with Crippen LogP contribution in [0.2, 0.25) is 0 Å². The van der Waals surface area contributed by atoms with E-state index in [0.29, 0.717) is 18.4 Å². The van der Waals surface area contributed by atoms with E-state index >= 15 is 0 Å². The topological polar surface area (TPSA) is 22.0 Å². The molecule has 0 spiro atoms. The van der Waals surface area contributed by atoms with Gasteiger partial charge in [0.2, 0.25) is 0 Å². The molecule has 0 amide bonds. The third kappa shape index (κ3) is 2.44. The molecule has 2 aromatic rings. The van der Waals surface area contributed by atoms with E-state index in [4.69, 9.17) is 0 Å². The molecular weight excluding hydrogens is 340 g/mol. The standard InChI is InChI=1S/C16H14BrF2NO/c1-16(2)7-14-9(15(21)8-16)3-4-20(14)13-5-10(17)11(18)6-12(13)19/h3-6H,7-8H2,1-2H3. The highest BCUT2D eigenvalue weighted by molar-refractivity contribution is 9.10. The number of hydrogen-bond acceptors (Lipinski definition) is 1. The Balaban J connectivity index is 2.19. The van der Waals surface area contributed by atoms with E-state index in [-0.39, 0.29) is 21.4 Å². The number of carbonyl (C=O) groups excluding carboxylic acids is 1. The first kappa shape index (κ1) is 14.4. The van der Waals surface area contributed by atoms with Crippen LogP contribution in [-0.4, -0.2) is 10.4 Å². The lowest BCUT2D eigenvalue weighted by molar-refractivity contribution is 0.0911. The molecule has 0 saturated heterocycles. The van der Waals surface area contributed by atoms with Gasteiger partial charge in [0.1, 0.15) is 11.6 Å². The number of benzene rings is 1. The minimum Gasteiger partial charge on any atom is -0.317 e. The van der Waals surface area contributed by atoms with Crippen molar-refractivity contribution in [1.82, 2.24) is 4.57 Å². The lowest BCUT2D eigenvalue weighted by Gasteiger charge is -2.29. The van der Waals surface area contributed by atoms with Crippen LogP contribution in [0.1, 0.15) is 36.3 Å². The number of halogens is 3. The molecule has 1 aliphatic carbocycles. The van der Waals surface area contributed by atoms with E-state index in [1.807, 2.05) is 13.8 Å². The molecule has 0 bridgehead atoms. The fourth-order valence-electron chi connectivity index (χ4n) is 2.87. The van der Waals surface area contributed by atoms with Crippen molar-refractivity contribution in [3.63, 3.8) is 0 Å². The Bertz CT molecular complexity index is 749. The van der Waals surface area contributed by atoms with Crippen molar-refractivity contribution in [2.75, 3.05) is 0 Å². The van der Waals surface area contributed by atoms with E-state index in [0.717, 1.165) is 11.8 Å². The summed E-state index contributed by atoms with van der Waals surface area (Å²) in [5.41, 5.74) is 1.51. The van der Waals surface area contributed by atoms with Gasteiger partial charge < -0.3 is 4.57 Å². The Labute approximate surface area is 129 Å². The Morgan fingerprint density at radius 2 is 1.90 bits per heavy atom. The van der Waals surface area contributed by atoms with Crippen molar-refractivity contribution in [1.29, 1.82) is 0 Å². The number of carbonyl (C=O) groups is 1. The van der Waals surface area contributed by atoms with Crippen LogP contribution in [0.4, 0.5) is 8.78 Å². The summed E-state index contributed by atoms with van der Waals surface area (Å²) < 4.78 is 29.3. The van der Waals surface area contributed by atoms with Crippen molar-refractivity contribution in [2.45, 2.75) is 26.7 Å². The van der Waals surface area contributed by atoms with Crippen LogP contribution in [0.5, 0.6) is 0 Å². The zero-order valence-electron chi connectivity index (χ0n) is 11.7. The molecule has 3 rings (SSSR count). The molecule has 1 heterocycles. The SMILES string of the molecule is CC1(C)CC(=O)c2ccn(-c3cc(Br)c(F)cc3F)c2C1. The first-order valence-corrected chi connectivity index (χ1v) is 7.46. The van der Waals surface area contributed by atoms with Crippen LogP contribution in [-0.2, 0) is 6.42 Å². The largest absolute Gasteiger partial charge is 0.317 e. The Morgan fingerprint density at radius 3 is 2.62 bits per heavy atom. The van der Waals surface area contributed by atoms with Gasteiger partial charge in [0, 0.05) is 29.9 Å². The molecule has 0 N–H and O–H groups in total. The Kier molecular flexibility index (Phi) is 3.28. The van der Waals surface area contributed by atoms with Crippen LogP contribution in [0.15, 0.2) is 28.9 Å². The lowest BCUT2D eigenvalue weighted by Crippen LogP contribution is -2.27. The first-order chi connectivity index (χ1) is 9.78. The second-order valence-electron chi connectivity index (χ2n) is 6.20. The minimum absolute atomic E-state index is 0.0709. The number of aromatic nitrogens is 1. The summed E-state index contributed by atoms with van der Waals surface area (Å²) in [6.45, 7) is 4.03. The molecule has 1 aliphatic rings. The predicted molar refractivity (Wildman–Crippen MR) is 79.8 cm³/mol. The van der Waals surface area contributed by atoms with Gasteiger partial charge in [-0.2, -0.15) is 0 Å². The van der Waals surface area contributed by atoms with Crippen molar-refractivity contribution in [3.05, 3.63) is 51.8 Å². The summed E-state index contributed by atoms with van der Waals surface area (Å²) in [6.07, 6.45) is 2.84. The van der Waals surface area contributed by atoms with Gasteiger partial charge in [-0.25, -0.2) is 8.78 Å². The van der Waals surface area contributed by atoms with Gasteiger partial charge in [-0.05, 0) is 39.9 Å². The molecule has 5 heteroatoms. The zero-order valence-corrected chi connectivity index (χ0v) is 13.3. The van der Waals surface area contributed by atoms with Crippen LogP contribution >= 0.6 is 15.9 Å². The van der Waals surface area contributed by atoms with E-state index in [9.17, 15) is 13.6 Å². The molecule has 0 saturated carbocycles. The summed E-state index contributed by atoms with van der Waals surface area (Å²) in [5, 5.41) is 0. The fourth-order valence-corrected chi connectivity index (χ4v) is 3.20. The molecule has 2 nitrogen and oxygen atoms in total. The highest BCUT2D eigenvalue weighted by Crippen LogP contribution is 2.37. The summed E-state index contributed by atoms with van der Waals surface area (Å²) in [5.74, 6) is -1.22. The molecule has 0 unspecified atom stereocenters. The van der Waals surface area contributed by atoms with Crippen molar-refractivity contribution >= 4 is 21.7 Å². The van der Waals surface area contributed by atoms with Crippen LogP contribution < -0.4 is 0 Å². The third-order valence-electron chi connectivity index (χ3n) is 3.83. The van der Waals surface area contributed by atoms with Crippen LogP contribution in [0.25, 0.3) is 5.69 Å². The van der Waals surface area contributed by atoms with Crippen molar-refractivity contribution in [2.24, 2.45) is 5.41 Å². The number of ketones is 1. The second kappa shape index (κ2) is 4.77. The minimum atomic E-state index is -0.648. The molecule has 0 fully saturated rings. The fraction of sp³-hybridized carbons (Fsp3) is 0.312. The quantitative estimate of drug-likeness (QED) is 0.682. The highest BCUT2D eigenvalue weighted by Gasteiger charge is 2.33. The molecule has 1 aromatic heterocycles. The van der Waals surface area contributed by atoms with Gasteiger partial charge in [0.25, 0.3) is 0 Å². The van der Waals surface area contributed by atoms with Gasteiger partial charge in [-0.3, -0.25) is 4.79 Å². The van der Waals surface area contributed by atoms with Gasteiger partial charge >= 0.3 is 0 Å². The van der Waals surface area contributed by atoms with E-state index in [2.05, 4.69) is 15.9 Å². The smallest absolute Gasteiger partial charge is 0.165 e. The number of rotatable bonds is 1. The number of hydrogen-bond donors (Lipinski definition) is 0. The summed E-state index contributed by atoms with van der Waals surface area (Å²) in [6, 6.07) is 3.96. The maximum absolute atomic E-state index is 14.1. The second-order valence-corrected chi connectivity index (χ2v) is 7.06. The zero-order chi connectivity index (χ0) is 15.4. The normalized spacial score (nSPS) is 16.9. The van der Waals surface area contributed by atoms with E-state index < -0.39 is 11.6 Å². The number of nitrogens with zero attached hydrogens (tertiary/aromatic N) is 1. The molecule has 21 heavy (non-hydrogen) atoms. The van der Waals surface area contributed by atoms with Crippen molar-refractivity contribution < 1.29 is 13.6 Å². The van der Waals surface area contributed by atoms with Crippen molar-refractivity contribution in [3.8, 4) is 5.69 Å². The predicted octanol–water partition coefficient (Wildman–Crippen LogP) is 4.67. The maximum atomic E-state index is 14.1. The average Bonchev–Trinajstić information content (AvgIpc) is 2.76. The third-order valence-corrected chi connectivity index (χ3v) is 4.43. The molecule has 110 valence electrons. The van der Waals surface area contributed by atoms with Gasteiger partial charge in [0.05, 0.1) is 10.2 Å². The molecule has 1 aromatic carbocycles. The monoisotopic (exact) mass is 353 g/mol. The van der Waals surface area contributed by atoms with Crippen LogP contribution in [0, 0.1) is 17.0 Å². The van der Waals surface area contributed by atoms with Crippen LogP contribution in [0.3, 0.4) is 0 Å². The van der Waals surface area contributed by atoms with Gasteiger partial charge in [-0.15, -0.1) is 0 Å². The number of Topliss-reactive ketones (excluding diaryl/α,β-unsaturated/α-hetero) is 1. The Morgan fingerprint density at radius 1 is 1.19 bits per heavy atom. The molecule has 0 atom stereocenters. The molecule has 0 radical (unpaired) electrons. The number of fused-ring (bicyclic) bond motifs is 1. The first-order valence-electron chi connectivity index (χ1n) is 6.67. The van der Waals surface area contributed by atoms with Gasteiger partial charge in [-0.1, -0.05) is 13.8 Å². The molecule has 0 aliphatic heterocycles. The Hall–Kier alpha value is -1.49.